The summed E-state index contributed by atoms with van der Waals surface area (Å²) in [5.41, 5.74) is 3.64. The molecule has 7 heteroatoms. The second kappa shape index (κ2) is 8.78. The van der Waals surface area contributed by atoms with Crippen molar-refractivity contribution in [3.8, 4) is 11.3 Å². The van der Waals surface area contributed by atoms with Crippen molar-refractivity contribution < 1.29 is 9.59 Å². The summed E-state index contributed by atoms with van der Waals surface area (Å²) in [4.78, 5) is 42.1. The molecule has 6 rings (SSSR count). The molecule has 7 nitrogen and oxygen atoms in total. The highest BCUT2D eigenvalue weighted by Gasteiger charge is 2.35. The molecule has 3 heterocycles. The molecule has 1 aliphatic rings. The molecule has 0 bridgehead atoms. The van der Waals surface area contributed by atoms with Crippen LogP contribution in [-0.2, 0) is 19.6 Å². The van der Waals surface area contributed by atoms with Gasteiger partial charge in [0, 0.05) is 23.7 Å². The number of ketones is 1. The average Bonchev–Trinajstić information content (AvgIpc) is 3.51. The predicted molar refractivity (Wildman–Crippen MR) is 136 cm³/mol. The number of fused-ring (bicyclic) bond motifs is 2. The van der Waals surface area contributed by atoms with Crippen LogP contribution in [0.3, 0.4) is 0 Å². The van der Waals surface area contributed by atoms with Crippen molar-refractivity contribution in [2.45, 2.75) is 19.6 Å². The van der Waals surface area contributed by atoms with Crippen LogP contribution in [0.2, 0.25) is 0 Å². The number of amides is 1. The molecule has 0 N–H and O–H groups in total. The molecule has 0 fully saturated rings. The molecule has 0 aliphatic carbocycles. The Morgan fingerprint density at radius 1 is 0.833 bits per heavy atom. The van der Waals surface area contributed by atoms with Crippen molar-refractivity contribution in [1.82, 2.24) is 19.1 Å². The Labute approximate surface area is 206 Å². The Balaban J connectivity index is 1.50. The zero-order chi connectivity index (χ0) is 24.6. The largest absolute Gasteiger partial charge is 0.328 e. The lowest BCUT2D eigenvalue weighted by Gasteiger charge is -2.16. The number of nitrogens with zero attached hydrogens (tertiary/aromatic N) is 4. The number of carbonyl (C=O) groups is 2. The van der Waals surface area contributed by atoms with E-state index in [1.54, 1.807) is 39.8 Å². The zero-order valence-corrected chi connectivity index (χ0v) is 19.4. The van der Waals surface area contributed by atoms with Gasteiger partial charge in [0.15, 0.2) is 5.78 Å². The maximum absolute atomic E-state index is 13.6. The first kappa shape index (κ1) is 21.7. The third-order valence-corrected chi connectivity index (χ3v) is 6.50. The van der Waals surface area contributed by atoms with Gasteiger partial charge in [0.1, 0.15) is 11.3 Å². The first-order valence-corrected chi connectivity index (χ1v) is 11.7. The second-order valence-corrected chi connectivity index (χ2v) is 8.82. The van der Waals surface area contributed by atoms with Crippen molar-refractivity contribution in [1.29, 1.82) is 0 Å². The van der Waals surface area contributed by atoms with Gasteiger partial charge in [-0.25, -0.2) is 0 Å². The summed E-state index contributed by atoms with van der Waals surface area (Å²) in [6, 6.07) is 29.9. The lowest BCUT2D eigenvalue weighted by molar-refractivity contribution is 0.0758. The summed E-state index contributed by atoms with van der Waals surface area (Å²) in [6.45, 7) is 0.455. The number of rotatable bonds is 6. The highest BCUT2D eigenvalue weighted by molar-refractivity contribution is 6.00. The Morgan fingerprint density at radius 3 is 2.17 bits per heavy atom. The summed E-state index contributed by atoms with van der Waals surface area (Å²) in [5, 5.41) is 4.58. The van der Waals surface area contributed by atoms with Crippen molar-refractivity contribution in [2.24, 2.45) is 0 Å². The first-order valence-electron chi connectivity index (χ1n) is 11.7. The van der Waals surface area contributed by atoms with Gasteiger partial charge >= 0.3 is 0 Å². The van der Waals surface area contributed by atoms with E-state index in [-0.39, 0.29) is 36.0 Å². The van der Waals surface area contributed by atoms with Gasteiger partial charge in [-0.05, 0) is 5.56 Å². The van der Waals surface area contributed by atoms with Crippen molar-refractivity contribution in [3.63, 3.8) is 0 Å². The molecule has 5 aromatic rings. The van der Waals surface area contributed by atoms with E-state index >= 15 is 0 Å². The summed E-state index contributed by atoms with van der Waals surface area (Å²) in [7, 11) is 0. The average molecular weight is 475 g/mol. The summed E-state index contributed by atoms with van der Waals surface area (Å²) in [6.07, 6.45) is 0. The lowest BCUT2D eigenvalue weighted by Crippen LogP contribution is -2.28. The van der Waals surface area contributed by atoms with E-state index in [1.807, 2.05) is 66.7 Å². The van der Waals surface area contributed by atoms with Gasteiger partial charge in [0.05, 0.1) is 24.3 Å². The summed E-state index contributed by atoms with van der Waals surface area (Å²) in [5.74, 6) is -0.420. The van der Waals surface area contributed by atoms with E-state index in [2.05, 4.69) is 5.10 Å². The molecule has 3 aromatic carbocycles. The maximum Gasteiger partial charge on any atom is 0.280 e. The van der Waals surface area contributed by atoms with Crippen LogP contribution in [0.5, 0.6) is 0 Å². The fraction of sp³-hybridized carbons (Fsp3) is 0.103. The Hall–Kier alpha value is -4.78. The number of aromatic nitrogens is 3. The molecule has 0 radical (unpaired) electrons. The number of Topliss-reactive ketones (excluding diaryl/α,β-unsaturated/α-hetero) is 1. The summed E-state index contributed by atoms with van der Waals surface area (Å²) < 4.78 is 2.97. The third kappa shape index (κ3) is 3.71. The first-order chi connectivity index (χ1) is 17.6. The Bertz CT molecular complexity index is 1660. The minimum atomic E-state index is -0.338. The fourth-order valence-corrected chi connectivity index (χ4v) is 4.72. The molecule has 0 saturated heterocycles. The second-order valence-electron chi connectivity index (χ2n) is 8.82. The van der Waals surface area contributed by atoms with Gasteiger partial charge in [-0.15, -0.1) is 0 Å². The number of hydrogen-bond donors (Lipinski definition) is 0. The third-order valence-electron chi connectivity index (χ3n) is 6.50. The highest BCUT2D eigenvalue weighted by atomic mass is 16.2. The van der Waals surface area contributed by atoms with Crippen LogP contribution in [0.15, 0.2) is 102 Å². The SMILES string of the molecule is O=C(Cn1c2c(c(=O)n3nc(-c4ccccc4)cc13)CN(Cc1ccccc1)C2=O)c1ccccc1. The smallest absolute Gasteiger partial charge is 0.280 e. The van der Waals surface area contributed by atoms with Crippen molar-refractivity contribution in [2.75, 3.05) is 0 Å². The van der Waals surface area contributed by atoms with E-state index in [9.17, 15) is 14.4 Å². The normalized spacial score (nSPS) is 12.8. The standard InChI is InChI=1S/C29H22N4O3/c34-25(22-14-8-3-9-15-22)19-32-26-16-24(21-12-6-2-7-13-21)30-33(26)28(35)23-18-31(29(36)27(23)32)17-20-10-4-1-5-11-20/h1-16H,17-19H2. The molecule has 0 spiro atoms. The van der Waals surface area contributed by atoms with Crippen molar-refractivity contribution in [3.05, 3.63) is 130 Å². The molecular formula is C29H22N4O3. The number of hydrogen-bond acceptors (Lipinski definition) is 4. The van der Waals surface area contributed by atoms with Gasteiger partial charge < -0.3 is 9.47 Å². The van der Waals surface area contributed by atoms with Crippen molar-refractivity contribution >= 4 is 17.3 Å². The molecular weight excluding hydrogens is 452 g/mol. The van der Waals surface area contributed by atoms with Gasteiger partial charge in [-0.2, -0.15) is 9.61 Å². The molecule has 1 amide bonds. The van der Waals surface area contributed by atoms with Crippen LogP contribution in [0.4, 0.5) is 0 Å². The van der Waals surface area contributed by atoms with E-state index in [4.69, 9.17) is 0 Å². The van der Waals surface area contributed by atoms with Gasteiger partial charge in [0.2, 0.25) is 0 Å². The number of carbonyl (C=O) groups excluding carboxylic acids is 2. The molecule has 0 atom stereocenters. The van der Waals surface area contributed by atoms with Gasteiger partial charge in [-0.3, -0.25) is 14.4 Å². The highest BCUT2D eigenvalue weighted by Crippen LogP contribution is 2.26. The van der Waals surface area contributed by atoms with Crippen LogP contribution in [0.25, 0.3) is 16.9 Å². The molecule has 0 unspecified atom stereocenters. The van der Waals surface area contributed by atoms with E-state index in [0.717, 1.165) is 11.1 Å². The van der Waals surface area contributed by atoms with E-state index in [1.165, 1.54) is 4.52 Å². The van der Waals surface area contributed by atoms with Crippen LogP contribution in [0, 0.1) is 0 Å². The maximum atomic E-state index is 13.6. The molecule has 36 heavy (non-hydrogen) atoms. The fourth-order valence-electron chi connectivity index (χ4n) is 4.72. The van der Waals surface area contributed by atoms with E-state index in [0.29, 0.717) is 29.0 Å². The monoisotopic (exact) mass is 474 g/mol. The van der Waals surface area contributed by atoms with Gasteiger partial charge in [-0.1, -0.05) is 91.0 Å². The lowest BCUT2D eigenvalue weighted by atomic mass is 10.1. The minimum Gasteiger partial charge on any atom is -0.328 e. The quantitative estimate of drug-likeness (QED) is 0.346. The van der Waals surface area contributed by atoms with Crippen LogP contribution < -0.4 is 5.56 Å². The molecule has 2 aromatic heterocycles. The minimum absolute atomic E-state index is 0.0824. The number of benzene rings is 3. The summed E-state index contributed by atoms with van der Waals surface area (Å²) >= 11 is 0. The predicted octanol–water partition coefficient (Wildman–Crippen LogP) is 4.20. The molecule has 176 valence electrons. The molecule has 0 saturated carbocycles. The van der Waals surface area contributed by atoms with Crippen LogP contribution >= 0.6 is 0 Å². The Morgan fingerprint density at radius 2 is 1.47 bits per heavy atom. The Kier molecular flexibility index (Phi) is 5.30. The topological polar surface area (TPSA) is 76.7 Å². The van der Waals surface area contributed by atoms with Gasteiger partial charge in [0.25, 0.3) is 11.5 Å². The zero-order valence-electron chi connectivity index (χ0n) is 19.4. The van der Waals surface area contributed by atoms with E-state index < -0.39 is 0 Å². The molecule has 1 aliphatic heterocycles. The van der Waals surface area contributed by atoms with Crippen LogP contribution in [0.1, 0.15) is 32.0 Å². The van der Waals surface area contributed by atoms with Crippen LogP contribution in [-0.4, -0.2) is 30.8 Å².